The van der Waals surface area contributed by atoms with E-state index in [9.17, 15) is 4.79 Å². The van der Waals surface area contributed by atoms with Crippen molar-refractivity contribution in [1.82, 2.24) is 20.2 Å². The van der Waals surface area contributed by atoms with Crippen molar-refractivity contribution in [2.24, 2.45) is 0 Å². The molecule has 0 aliphatic carbocycles. The molecule has 6 nitrogen and oxygen atoms in total. The Bertz CT molecular complexity index is 1200. The molecule has 0 aliphatic heterocycles. The molecule has 136 valence electrons. The maximum atomic E-state index is 11.9. The molecular formula is C19H15ClN4O2S. The minimum absolute atomic E-state index is 0.390. The van der Waals surface area contributed by atoms with E-state index >= 15 is 0 Å². The van der Waals surface area contributed by atoms with E-state index < -0.39 is 5.63 Å². The molecule has 0 radical (unpaired) electrons. The Kier molecular flexibility index (Phi) is 4.72. The summed E-state index contributed by atoms with van der Waals surface area (Å²) in [5.41, 5.74) is 3.81. The van der Waals surface area contributed by atoms with E-state index in [-0.39, 0.29) is 0 Å². The summed E-state index contributed by atoms with van der Waals surface area (Å²) in [7, 11) is 0. The van der Waals surface area contributed by atoms with Crippen molar-refractivity contribution in [3.63, 3.8) is 0 Å². The third kappa shape index (κ3) is 3.48. The van der Waals surface area contributed by atoms with E-state index in [4.69, 9.17) is 16.0 Å². The second kappa shape index (κ2) is 7.17. The highest BCUT2D eigenvalue weighted by molar-refractivity contribution is 7.98. The standard InChI is InChI=1S/C19H15ClN4O2S/c1-11-5-3-4-6-16(11)24-19(21-22-23-24)27-10-13-8-18(25)26-17-7-12(2)15(20)9-14(13)17/h3-9H,10H2,1-2H3. The highest BCUT2D eigenvalue weighted by Crippen LogP contribution is 2.29. The summed E-state index contributed by atoms with van der Waals surface area (Å²) in [5.74, 6) is 0.508. The van der Waals surface area contributed by atoms with E-state index in [0.717, 1.165) is 27.8 Å². The summed E-state index contributed by atoms with van der Waals surface area (Å²) in [6.45, 7) is 3.88. The van der Waals surface area contributed by atoms with Crippen LogP contribution in [-0.4, -0.2) is 20.2 Å². The number of tetrazole rings is 1. The molecule has 0 spiro atoms. The first kappa shape index (κ1) is 17.8. The molecule has 4 aromatic rings. The van der Waals surface area contributed by atoms with Gasteiger partial charge in [0.2, 0.25) is 5.16 Å². The number of para-hydroxylation sites is 1. The average Bonchev–Trinajstić information content (AvgIpc) is 3.10. The second-order valence-corrected chi connectivity index (χ2v) is 7.49. The lowest BCUT2D eigenvalue weighted by Crippen LogP contribution is -2.03. The van der Waals surface area contributed by atoms with Crippen molar-refractivity contribution in [2.45, 2.75) is 24.8 Å². The molecule has 0 bridgehead atoms. The van der Waals surface area contributed by atoms with E-state index in [1.54, 1.807) is 10.7 Å². The molecule has 27 heavy (non-hydrogen) atoms. The SMILES string of the molecule is Cc1cc2oc(=O)cc(CSc3nnnn3-c3ccccc3C)c2cc1Cl. The van der Waals surface area contributed by atoms with Gasteiger partial charge in [0.05, 0.1) is 5.69 Å². The largest absolute Gasteiger partial charge is 0.423 e. The number of thioether (sulfide) groups is 1. The van der Waals surface area contributed by atoms with Gasteiger partial charge in [0, 0.05) is 22.2 Å². The zero-order chi connectivity index (χ0) is 19.0. The van der Waals surface area contributed by atoms with Gasteiger partial charge in [-0.25, -0.2) is 4.79 Å². The summed E-state index contributed by atoms with van der Waals surface area (Å²) in [4.78, 5) is 11.9. The number of hydrogen-bond acceptors (Lipinski definition) is 6. The number of halogens is 1. The molecule has 0 unspecified atom stereocenters. The summed E-state index contributed by atoms with van der Waals surface area (Å²) in [6.07, 6.45) is 0. The van der Waals surface area contributed by atoms with Gasteiger partial charge in [-0.1, -0.05) is 41.6 Å². The van der Waals surface area contributed by atoms with Crippen LogP contribution in [0.4, 0.5) is 0 Å². The number of aromatic nitrogens is 4. The highest BCUT2D eigenvalue weighted by atomic mass is 35.5. The maximum absolute atomic E-state index is 11.9. The summed E-state index contributed by atoms with van der Waals surface area (Å²) in [6, 6.07) is 13.0. The lowest BCUT2D eigenvalue weighted by atomic mass is 10.1. The molecule has 0 amide bonds. The van der Waals surface area contributed by atoms with Crippen molar-refractivity contribution in [3.05, 3.63) is 74.6 Å². The van der Waals surface area contributed by atoms with Crippen LogP contribution in [0.5, 0.6) is 0 Å². The summed E-state index contributed by atoms with van der Waals surface area (Å²) in [5, 5.41) is 14.1. The fourth-order valence-electron chi connectivity index (χ4n) is 2.83. The van der Waals surface area contributed by atoms with Crippen LogP contribution in [0.1, 0.15) is 16.7 Å². The number of hydrogen-bond donors (Lipinski definition) is 0. The number of nitrogens with zero attached hydrogens (tertiary/aromatic N) is 4. The Morgan fingerprint density at radius 2 is 1.96 bits per heavy atom. The van der Waals surface area contributed by atoms with Gasteiger partial charge >= 0.3 is 5.63 Å². The van der Waals surface area contributed by atoms with Crippen LogP contribution in [-0.2, 0) is 5.75 Å². The monoisotopic (exact) mass is 398 g/mol. The van der Waals surface area contributed by atoms with Gasteiger partial charge in [-0.15, -0.1) is 5.10 Å². The van der Waals surface area contributed by atoms with Crippen LogP contribution in [0, 0.1) is 13.8 Å². The molecule has 2 heterocycles. The van der Waals surface area contributed by atoms with Crippen LogP contribution in [0.15, 0.2) is 56.8 Å². The number of fused-ring (bicyclic) bond motifs is 1. The van der Waals surface area contributed by atoms with E-state index in [1.807, 2.05) is 44.2 Å². The Labute approximate surface area is 164 Å². The Hall–Kier alpha value is -2.64. The van der Waals surface area contributed by atoms with E-state index in [0.29, 0.717) is 21.5 Å². The predicted octanol–water partition coefficient (Wildman–Crippen LogP) is 4.33. The van der Waals surface area contributed by atoms with Gasteiger partial charge in [0.15, 0.2) is 0 Å². The van der Waals surface area contributed by atoms with E-state index in [2.05, 4.69) is 15.5 Å². The molecule has 0 saturated heterocycles. The molecular weight excluding hydrogens is 384 g/mol. The quantitative estimate of drug-likeness (QED) is 0.376. The summed E-state index contributed by atoms with van der Waals surface area (Å²) < 4.78 is 7.01. The summed E-state index contributed by atoms with van der Waals surface area (Å²) >= 11 is 7.71. The van der Waals surface area contributed by atoms with Crippen molar-refractivity contribution in [2.75, 3.05) is 0 Å². The van der Waals surface area contributed by atoms with Gasteiger partial charge < -0.3 is 4.42 Å². The normalized spacial score (nSPS) is 11.2. The first-order valence-electron chi connectivity index (χ1n) is 8.23. The fraction of sp³-hybridized carbons (Fsp3) is 0.158. The predicted molar refractivity (Wildman–Crippen MR) is 106 cm³/mol. The van der Waals surface area contributed by atoms with Crippen molar-refractivity contribution >= 4 is 34.3 Å². The smallest absolute Gasteiger partial charge is 0.336 e. The maximum Gasteiger partial charge on any atom is 0.336 e. The molecule has 0 N–H and O–H groups in total. The minimum Gasteiger partial charge on any atom is -0.423 e. The molecule has 0 fully saturated rings. The lowest BCUT2D eigenvalue weighted by Gasteiger charge is -2.09. The van der Waals surface area contributed by atoms with Crippen molar-refractivity contribution in [1.29, 1.82) is 0 Å². The third-order valence-electron chi connectivity index (χ3n) is 4.25. The molecule has 0 aliphatic rings. The zero-order valence-corrected chi connectivity index (χ0v) is 16.2. The first-order valence-corrected chi connectivity index (χ1v) is 9.59. The van der Waals surface area contributed by atoms with Gasteiger partial charge in [-0.3, -0.25) is 0 Å². The molecule has 0 saturated carbocycles. The first-order chi connectivity index (χ1) is 13.0. The minimum atomic E-state index is -0.390. The van der Waals surface area contributed by atoms with Gasteiger partial charge in [0.1, 0.15) is 5.58 Å². The fourth-order valence-corrected chi connectivity index (χ4v) is 3.87. The average molecular weight is 399 g/mol. The Morgan fingerprint density at radius 1 is 1.15 bits per heavy atom. The van der Waals surface area contributed by atoms with Crippen LogP contribution < -0.4 is 5.63 Å². The van der Waals surface area contributed by atoms with Gasteiger partial charge in [-0.2, -0.15) is 4.68 Å². The Balaban J connectivity index is 1.70. The third-order valence-corrected chi connectivity index (χ3v) is 5.63. The molecule has 0 atom stereocenters. The van der Waals surface area contributed by atoms with Gasteiger partial charge in [-0.05, 0) is 59.2 Å². The van der Waals surface area contributed by atoms with Crippen LogP contribution in [0.3, 0.4) is 0 Å². The zero-order valence-electron chi connectivity index (χ0n) is 14.6. The second-order valence-electron chi connectivity index (χ2n) is 6.14. The molecule has 8 heteroatoms. The van der Waals surface area contributed by atoms with Crippen molar-refractivity contribution in [3.8, 4) is 5.69 Å². The van der Waals surface area contributed by atoms with Gasteiger partial charge in [0.25, 0.3) is 0 Å². The topological polar surface area (TPSA) is 73.8 Å². The van der Waals surface area contributed by atoms with Crippen LogP contribution in [0.25, 0.3) is 16.7 Å². The van der Waals surface area contributed by atoms with E-state index in [1.165, 1.54) is 17.8 Å². The van der Waals surface area contributed by atoms with Crippen LogP contribution >= 0.6 is 23.4 Å². The number of benzene rings is 2. The molecule has 4 rings (SSSR count). The molecule has 2 aromatic carbocycles. The van der Waals surface area contributed by atoms with Crippen molar-refractivity contribution < 1.29 is 4.42 Å². The Morgan fingerprint density at radius 3 is 2.78 bits per heavy atom. The lowest BCUT2D eigenvalue weighted by molar-refractivity contribution is 0.559. The van der Waals surface area contributed by atoms with Crippen LogP contribution in [0.2, 0.25) is 5.02 Å². The number of rotatable bonds is 4. The number of aryl methyl sites for hydroxylation is 2. The molecule has 2 aromatic heterocycles. The highest BCUT2D eigenvalue weighted by Gasteiger charge is 2.14.